The molecule has 0 aliphatic carbocycles. The molecule has 1 aromatic carbocycles. The van der Waals surface area contributed by atoms with Gasteiger partial charge in [-0.1, -0.05) is 32.0 Å². The molecule has 0 saturated heterocycles. The SMILES string of the molecule is CC(C)CC(NC(=O)C(CCC(N)=O)NC(=O)C(Cc1c[nH]c2ccccc12)NC(=O)C(N)CC(=O)O)C(=O)O. The Morgan fingerprint density at radius 2 is 1.50 bits per heavy atom. The highest BCUT2D eigenvalue weighted by molar-refractivity contribution is 5.95. The Kier molecular flexibility index (Phi) is 11.6. The number of hydrogen-bond acceptors (Lipinski definition) is 7. The summed E-state index contributed by atoms with van der Waals surface area (Å²) in [4.78, 5) is 76.3. The number of aliphatic carboxylic acids is 2. The van der Waals surface area contributed by atoms with Gasteiger partial charge in [0.2, 0.25) is 23.6 Å². The van der Waals surface area contributed by atoms with Crippen LogP contribution in [0.3, 0.4) is 0 Å². The van der Waals surface area contributed by atoms with Crippen molar-refractivity contribution in [2.45, 2.75) is 70.1 Å². The lowest BCUT2D eigenvalue weighted by molar-refractivity contribution is -0.143. The van der Waals surface area contributed by atoms with E-state index < -0.39 is 66.2 Å². The number of para-hydroxylation sites is 1. The molecule has 0 fully saturated rings. The number of aromatic amines is 1. The molecular weight excluding hydrogens is 524 g/mol. The van der Waals surface area contributed by atoms with E-state index >= 15 is 0 Å². The highest BCUT2D eigenvalue weighted by atomic mass is 16.4. The van der Waals surface area contributed by atoms with Gasteiger partial charge in [0.15, 0.2) is 0 Å². The van der Waals surface area contributed by atoms with E-state index in [1.165, 1.54) is 0 Å². The van der Waals surface area contributed by atoms with E-state index in [1.807, 2.05) is 12.1 Å². The lowest BCUT2D eigenvalue weighted by atomic mass is 10.0. The summed E-state index contributed by atoms with van der Waals surface area (Å²) in [6.45, 7) is 3.56. The summed E-state index contributed by atoms with van der Waals surface area (Å²) in [5.41, 5.74) is 12.3. The fourth-order valence-electron chi connectivity index (χ4n) is 4.08. The molecule has 2 aromatic rings. The third-order valence-corrected chi connectivity index (χ3v) is 6.10. The third kappa shape index (κ3) is 9.69. The summed E-state index contributed by atoms with van der Waals surface area (Å²) in [5.74, 6) is -5.96. The predicted molar refractivity (Wildman–Crippen MR) is 144 cm³/mol. The first kappa shape index (κ1) is 31.8. The van der Waals surface area contributed by atoms with Gasteiger partial charge in [-0.3, -0.25) is 24.0 Å². The number of amides is 4. The second-order valence-electron chi connectivity index (χ2n) is 9.92. The molecular formula is C26H36N6O8. The molecule has 0 saturated carbocycles. The van der Waals surface area contributed by atoms with Gasteiger partial charge in [0, 0.05) is 29.9 Å². The Morgan fingerprint density at radius 3 is 2.10 bits per heavy atom. The molecule has 4 unspecified atom stereocenters. The first-order valence-corrected chi connectivity index (χ1v) is 12.7. The predicted octanol–water partition coefficient (Wildman–Crippen LogP) is -0.637. The van der Waals surface area contributed by atoms with Gasteiger partial charge in [0.1, 0.15) is 18.1 Å². The maximum atomic E-state index is 13.4. The fourth-order valence-corrected chi connectivity index (χ4v) is 4.08. The fraction of sp³-hybridized carbons (Fsp3) is 0.462. The van der Waals surface area contributed by atoms with Crippen molar-refractivity contribution in [1.29, 1.82) is 0 Å². The zero-order valence-corrected chi connectivity index (χ0v) is 22.3. The lowest BCUT2D eigenvalue weighted by Crippen LogP contribution is -2.58. The Morgan fingerprint density at radius 1 is 0.900 bits per heavy atom. The van der Waals surface area contributed by atoms with Crippen LogP contribution in [-0.2, 0) is 35.2 Å². The molecule has 4 atom stereocenters. The molecule has 14 heteroatoms. The summed E-state index contributed by atoms with van der Waals surface area (Å²) in [5, 5.41) is 26.6. The molecule has 1 aromatic heterocycles. The number of hydrogen-bond donors (Lipinski definition) is 8. The molecule has 10 N–H and O–H groups in total. The van der Waals surface area contributed by atoms with Crippen molar-refractivity contribution in [2.24, 2.45) is 17.4 Å². The van der Waals surface area contributed by atoms with Crippen LogP contribution in [0.15, 0.2) is 30.5 Å². The van der Waals surface area contributed by atoms with Crippen molar-refractivity contribution in [3.63, 3.8) is 0 Å². The van der Waals surface area contributed by atoms with Crippen LogP contribution in [-0.4, -0.2) is 74.9 Å². The number of benzene rings is 1. The van der Waals surface area contributed by atoms with Crippen molar-refractivity contribution >= 4 is 46.5 Å². The van der Waals surface area contributed by atoms with Crippen LogP contribution in [0, 0.1) is 5.92 Å². The van der Waals surface area contributed by atoms with E-state index in [0.29, 0.717) is 5.56 Å². The van der Waals surface area contributed by atoms with Crippen molar-refractivity contribution in [1.82, 2.24) is 20.9 Å². The molecule has 218 valence electrons. The molecule has 1 heterocycles. The number of H-pyrrole nitrogens is 1. The normalized spacial score (nSPS) is 14.1. The number of aromatic nitrogens is 1. The number of carboxylic acid groups (broad SMARTS) is 2. The molecule has 14 nitrogen and oxygen atoms in total. The number of carbonyl (C=O) groups is 6. The number of primary amides is 1. The highest BCUT2D eigenvalue weighted by Gasteiger charge is 2.31. The van der Waals surface area contributed by atoms with Crippen LogP contribution >= 0.6 is 0 Å². The van der Waals surface area contributed by atoms with Crippen LogP contribution in [0.2, 0.25) is 0 Å². The number of fused-ring (bicyclic) bond motifs is 1. The van der Waals surface area contributed by atoms with Crippen LogP contribution in [0.25, 0.3) is 10.9 Å². The minimum absolute atomic E-state index is 0.0589. The van der Waals surface area contributed by atoms with Gasteiger partial charge in [-0.2, -0.15) is 0 Å². The summed E-state index contributed by atoms with van der Waals surface area (Å²) in [6, 6.07) is 1.87. The monoisotopic (exact) mass is 560 g/mol. The number of carbonyl (C=O) groups excluding carboxylic acids is 4. The third-order valence-electron chi connectivity index (χ3n) is 6.10. The molecule has 2 rings (SSSR count). The van der Waals surface area contributed by atoms with Gasteiger partial charge >= 0.3 is 11.9 Å². The van der Waals surface area contributed by atoms with E-state index in [9.17, 15) is 33.9 Å². The van der Waals surface area contributed by atoms with Crippen LogP contribution in [0.5, 0.6) is 0 Å². The number of nitrogens with two attached hydrogens (primary N) is 2. The van der Waals surface area contributed by atoms with Crippen molar-refractivity contribution in [3.8, 4) is 0 Å². The number of nitrogens with one attached hydrogen (secondary N) is 4. The Hall–Kier alpha value is -4.46. The smallest absolute Gasteiger partial charge is 0.326 e. The molecule has 0 aliphatic heterocycles. The molecule has 40 heavy (non-hydrogen) atoms. The molecule has 0 aliphatic rings. The summed E-state index contributed by atoms with van der Waals surface area (Å²) in [7, 11) is 0. The maximum absolute atomic E-state index is 13.4. The largest absolute Gasteiger partial charge is 0.481 e. The van der Waals surface area contributed by atoms with E-state index in [1.54, 1.807) is 32.2 Å². The van der Waals surface area contributed by atoms with E-state index in [0.717, 1.165) is 10.9 Å². The molecule has 0 bridgehead atoms. The Labute approximate surface area is 230 Å². The van der Waals surface area contributed by atoms with E-state index in [2.05, 4.69) is 20.9 Å². The number of carboxylic acids is 2. The van der Waals surface area contributed by atoms with Gasteiger partial charge in [-0.15, -0.1) is 0 Å². The first-order chi connectivity index (χ1) is 18.8. The zero-order valence-electron chi connectivity index (χ0n) is 22.3. The summed E-state index contributed by atoms with van der Waals surface area (Å²) in [6.07, 6.45) is 0.517. The maximum Gasteiger partial charge on any atom is 0.326 e. The van der Waals surface area contributed by atoms with Gasteiger partial charge in [0.05, 0.1) is 12.5 Å². The quantitative estimate of drug-likeness (QED) is 0.130. The first-order valence-electron chi connectivity index (χ1n) is 12.7. The average Bonchev–Trinajstić information content (AvgIpc) is 3.27. The molecule has 4 amide bonds. The van der Waals surface area contributed by atoms with Crippen LogP contribution in [0.4, 0.5) is 0 Å². The topological polar surface area (TPSA) is 247 Å². The van der Waals surface area contributed by atoms with Gasteiger partial charge in [0.25, 0.3) is 0 Å². The molecule has 0 radical (unpaired) electrons. The van der Waals surface area contributed by atoms with E-state index in [4.69, 9.17) is 16.6 Å². The Balaban J connectivity index is 2.32. The van der Waals surface area contributed by atoms with Crippen LogP contribution in [0.1, 0.15) is 45.1 Å². The van der Waals surface area contributed by atoms with Gasteiger partial charge in [-0.05, 0) is 30.4 Å². The van der Waals surface area contributed by atoms with Crippen molar-refractivity contribution in [2.75, 3.05) is 0 Å². The van der Waals surface area contributed by atoms with Crippen molar-refractivity contribution < 1.29 is 39.0 Å². The lowest BCUT2D eigenvalue weighted by Gasteiger charge is -2.25. The van der Waals surface area contributed by atoms with Crippen LogP contribution < -0.4 is 27.4 Å². The minimum atomic E-state index is -1.45. The Bertz CT molecular complexity index is 1240. The van der Waals surface area contributed by atoms with Gasteiger partial charge in [-0.25, -0.2) is 4.79 Å². The summed E-state index contributed by atoms with van der Waals surface area (Å²) < 4.78 is 0. The average molecular weight is 561 g/mol. The second-order valence-corrected chi connectivity index (χ2v) is 9.92. The number of rotatable bonds is 16. The summed E-state index contributed by atoms with van der Waals surface area (Å²) >= 11 is 0. The molecule has 0 spiro atoms. The van der Waals surface area contributed by atoms with E-state index in [-0.39, 0.29) is 31.6 Å². The minimum Gasteiger partial charge on any atom is -0.481 e. The standard InChI is InChI=1S/C26H36N6O8/c1-13(2)9-20(26(39)40)32-24(37)18(7-8-21(28)33)30-25(38)19(31-23(36)16(27)11-22(34)35)10-14-12-29-17-6-4-3-5-15(14)17/h3-6,12-13,16,18-20,29H,7-11,27H2,1-2H3,(H2,28,33)(H,30,38)(H,31,36)(H,32,37)(H,34,35)(H,39,40). The zero-order chi connectivity index (χ0) is 30.0. The van der Waals surface area contributed by atoms with Gasteiger partial charge < -0.3 is 42.6 Å². The van der Waals surface area contributed by atoms with Crippen molar-refractivity contribution in [3.05, 3.63) is 36.0 Å². The second kappa shape index (κ2) is 14.6. The highest BCUT2D eigenvalue weighted by Crippen LogP contribution is 2.19.